The number of rotatable bonds is 7. The monoisotopic (exact) mass is 846 g/mol. The number of aromatic nitrogens is 6. The Hall–Kier alpha value is -6.69. The first-order chi connectivity index (χ1) is 28.0. The molecule has 304 valence electrons. The lowest BCUT2D eigenvalue weighted by atomic mass is 10.2. The summed E-state index contributed by atoms with van der Waals surface area (Å²) in [6, 6.07) is 22.1. The highest BCUT2D eigenvalue weighted by atomic mass is 35.5. The van der Waals surface area contributed by atoms with Gasteiger partial charge in [0.05, 0.1) is 34.1 Å². The number of H-pyrrole nitrogens is 1. The van der Waals surface area contributed by atoms with Crippen LogP contribution in [-0.2, 0) is 12.4 Å². The molecule has 1 N–H and O–H groups in total. The number of halogens is 11. The van der Waals surface area contributed by atoms with Crippen LogP contribution in [0.3, 0.4) is 0 Å². The number of ether oxygens (including phenoxy) is 2. The molecule has 59 heavy (non-hydrogen) atoms. The molecule has 0 amide bonds. The average molecular weight is 847 g/mol. The summed E-state index contributed by atoms with van der Waals surface area (Å²) in [5.41, 5.74) is 3.90. The van der Waals surface area contributed by atoms with Crippen LogP contribution in [0.5, 0.6) is 11.5 Å². The molecular weight excluding hydrogens is 822 g/mol. The Morgan fingerprint density at radius 1 is 0.627 bits per heavy atom. The predicted octanol–water partition coefficient (Wildman–Crippen LogP) is 11.5. The number of hydrogen-bond donors (Lipinski definition) is 1. The van der Waals surface area contributed by atoms with Crippen molar-refractivity contribution in [2.24, 2.45) is 0 Å². The normalized spacial score (nSPS) is 11.4. The van der Waals surface area contributed by atoms with Gasteiger partial charge in [-0.2, -0.15) is 0 Å². The van der Waals surface area contributed by atoms with Crippen molar-refractivity contribution in [1.82, 2.24) is 29.5 Å². The maximum Gasteiger partial charge on any atom is 0.573 e. The number of nitrogens with zero attached hydrogens (tertiary/aromatic N) is 5. The van der Waals surface area contributed by atoms with E-state index in [1.807, 2.05) is 0 Å². The van der Waals surface area contributed by atoms with Gasteiger partial charge in [-0.15, -0.1) is 37.9 Å². The van der Waals surface area contributed by atoms with Crippen LogP contribution in [-0.4, -0.2) is 42.2 Å². The molecule has 4 heterocycles. The van der Waals surface area contributed by atoms with Gasteiger partial charge in [-0.25, -0.2) is 32.5 Å². The Morgan fingerprint density at radius 2 is 1.19 bits per heavy atom. The third-order valence-electron chi connectivity index (χ3n) is 7.94. The second kappa shape index (κ2) is 17.8. The highest BCUT2D eigenvalue weighted by Crippen LogP contribution is 2.29. The zero-order valence-electron chi connectivity index (χ0n) is 29.7. The number of benzene rings is 4. The van der Waals surface area contributed by atoms with Crippen molar-refractivity contribution in [2.45, 2.75) is 25.1 Å². The van der Waals surface area contributed by atoms with Gasteiger partial charge in [0, 0.05) is 31.0 Å². The molecule has 0 aliphatic carbocycles. The lowest BCUT2D eigenvalue weighted by molar-refractivity contribution is -0.275. The molecule has 8 rings (SSSR count). The molecule has 0 saturated carbocycles. The van der Waals surface area contributed by atoms with E-state index in [9.17, 15) is 43.9 Å². The molecule has 19 heteroatoms. The van der Waals surface area contributed by atoms with Gasteiger partial charge in [0.25, 0.3) is 0 Å². The van der Waals surface area contributed by atoms with Gasteiger partial charge in [0.1, 0.15) is 23.0 Å². The first-order valence-corrected chi connectivity index (χ1v) is 17.4. The predicted molar refractivity (Wildman–Crippen MR) is 196 cm³/mol. The summed E-state index contributed by atoms with van der Waals surface area (Å²) in [6.07, 6.45) is -2.82. The zero-order chi connectivity index (χ0) is 42.3. The molecular formula is C40H25ClF10N6O2. The molecule has 6 aromatic rings. The molecule has 4 aromatic carbocycles. The van der Waals surface area contributed by atoms with Crippen LogP contribution in [0, 0.1) is 23.3 Å². The number of nitrogens with one attached hydrogen (secondary N) is 1. The van der Waals surface area contributed by atoms with E-state index in [1.165, 1.54) is 72.8 Å². The van der Waals surface area contributed by atoms with Crippen molar-refractivity contribution < 1.29 is 53.4 Å². The van der Waals surface area contributed by atoms with E-state index in [2.05, 4.69) is 34.4 Å². The van der Waals surface area contributed by atoms with Crippen LogP contribution in [0.1, 0.15) is 11.1 Å². The van der Waals surface area contributed by atoms with Gasteiger partial charge >= 0.3 is 12.7 Å². The van der Waals surface area contributed by atoms with Crippen molar-refractivity contribution in [3.05, 3.63) is 156 Å². The second-order valence-corrected chi connectivity index (χ2v) is 12.4. The molecule has 2 aliphatic heterocycles. The fraction of sp³-hybridized carbons (Fsp3) is 0.100. The van der Waals surface area contributed by atoms with Crippen molar-refractivity contribution in [3.8, 4) is 45.7 Å². The third kappa shape index (κ3) is 11.2. The largest absolute Gasteiger partial charge is 0.573 e. The second-order valence-electron chi connectivity index (χ2n) is 12.1. The number of aromatic amines is 1. The molecule has 0 unspecified atom stereocenters. The molecule has 2 aromatic heterocycles. The Balaban J connectivity index is 0.000000165. The van der Waals surface area contributed by atoms with Gasteiger partial charge in [0.2, 0.25) is 0 Å². The summed E-state index contributed by atoms with van der Waals surface area (Å²) in [6.45, 7) is 0.360. The van der Waals surface area contributed by atoms with Gasteiger partial charge in [-0.05, 0) is 71.8 Å². The zero-order valence-corrected chi connectivity index (χ0v) is 30.4. The topological polar surface area (TPSA) is 90.7 Å². The quantitative estimate of drug-likeness (QED) is 0.127. The maximum atomic E-state index is 14.0. The molecule has 0 radical (unpaired) electrons. The van der Waals surface area contributed by atoms with Crippen molar-refractivity contribution in [3.63, 3.8) is 0 Å². The summed E-state index contributed by atoms with van der Waals surface area (Å²) in [5, 5.41) is 0. The first kappa shape index (κ1) is 41.9. The molecule has 0 spiro atoms. The van der Waals surface area contributed by atoms with E-state index in [4.69, 9.17) is 11.6 Å². The SMILES string of the molecule is FC(F)(F)Oc1ccc(CCl)cc1.Fc1cccc(-c2nc3ccn(Cc4ccc(OC(F)(F)F)cc4)cc-3n2)c1F.Fc1cccc(-c2nc3ccncc3[nH]2)c1F. The summed E-state index contributed by atoms with van der Waals surface area (Å²) >= 11 is 5.45. The fourth-order valence-electron chi connectivity index (χ4n) is 5.31. The molecule has 0 saturated heterocycles. The van der Waals surface area contributed by atoms with Crippen LogP contribution < -0.4 is 9.47 Å². The van der Waals surface area contributed by atoms with E-state index in [1.54, 1.807) is 41.5 Å². The van der Waals surface area contributed by atoms with Crippen LogP contribution in [0.2, 0.25) is 0 Å². The highest BCUT2D eigenvalue weighted by molar-refractivity contribution is 6.17. The minimum Gasteiger partial charge on any atom is -0.406 e. The van der Waals surface area contributed by atoms with Crippen LogP contribution in [0.15, 0.2) is 122 Å². The lowest BCUT2D eigenvalue weighted by Crippen LogP contribution is -2.17. The Morgan fingerprint density at radius 3 is 1.76 bits per heavy atom. The minimum absolute atomic E-state index is 0.0343. The van der Waals surface area contributed by atoms with Crippen LogP contribution >= 0.6 is 11.6 Å². The standard InChI is InChI=1S/C20H12F5N3O.C12H7F2N3.C8H6ClF3O/c21-15-3-1-2-14(18(15)22)19-26-16-8-9-28(11-17(16)27-19)10-12-4-6-13(7-5-12)29-20(23,24)25;13-8-3-1-2-7(11(8)14)12-16-9-4-5-15-6-10(9)17-12;9-5-6-1-3-7(4-2-6)13-8(10,11)12/h1-9,11H,10H2;1-6H,(H,16,17);1-4H,5H2. The van der Waals surface area contributed by atoms with E-state index in [0.29, 0.717) is 34.8 Å². The first-order valence-electron chi connectivity index (χ1n) is 16.8. The van der Waals surface area contributed by atoms with E-state index >= 15 is 0 Å². The lowest BCUT2D eigenvalue weighted by Gasteiger charge is -2.11. The van der Waals surface area contributed by atoms with Gasteiger partial charge < -0.3 is 19.0 Å². The maximum absolute atomic E-state index is 14.0. The Labute approximate surface area is 332 Å². The van der Waals surface area contributed by atoms with Crippen molar-refractivity contribution in [1.29, 1.82) is 0 Å². The highest BCUT2D eigenvalue weighted by Gasteiger charge is 2.31. The Bertz CT molecular complexity index is 2580. The van der Waals surface area contributed by atoms with E-state index in [-0.39, 0.29) is 34.3 Å². The van der Waals surface area contributed by atoms with Gasteiger partial charge in [-0.3, -0.25) is 4.98 Å². The summed E-state index contributed by atoms with van der Waals surface area (Å²) < 4.78 is 135. The number of pyridine rings is 2. The van der Waals surface area contributed by atoms with E-state index in [0.717, 1.165) is 23.3 Å². The Kier molecular flexibility index (Phi) is 12.7. The third-order valence-corrected chi connectivity index (χ3v) is 8.25. The van der Waals surface area contributed by atoms with Crippen LogP contribution in [0.25, 0.3) is 45.2 Å². The van der Waals surface area contributed by atoms with Crippen LogP contribution in [0.4, 0.5) is 43.9 Å². The number of fused-ring (bicyclic) bond motifs is 2. The fourth-order valence-corrected chi connectivity index (χ4v) is 5.48. The van der Waals surface area contributed by atoms with Gasteiger partial charge in [-0.1, -0.05) is 36.4 Å². The molecule has 0 bridgehead atoms. The average Bonchev–Trinajstić information content (AvgIpc) is 3.82. The number of imidazole rings is 2. The molecule has 2 aliphatic rings. The minimum atomic E-state index is -4.74. The molecule has 8 nitrogen and oxygen atoms in total. The summed E-state index contributed by atoms with van der Waals surface area (Å²) in [4.78, 5) is 19.5. The molecule has 0 fully saturated rings. The van der Waals surface area contributed by atoms with Gasteiger partial charge in [0.15, 0.2) is 29.1 Å². The summed E-state index contributed by atoms with van der Waals surface area (Å²) in [5.74, 6) is -3.69. The smallest absolute Gasteiger partial charge is 0.406 e. The van der Waals surface area contributed by atoms with Crippen molar-refractivity contribution >= 4 is 22.6 Å². The number of hydrogen-bond acceptors (Lipinski definition) is 6. The molecule has 0 atom stereocenters. The van der Waals surface area contributed by atoms with E-state index < -0.39 is 36.0 Å². The summed E-state index contributed by atoms with van der Waals surface area (Å²) in [7, 11) is 0. The number of alkyl halides is 7. The van der Waals surface area contributed by atoms with Crippen molar-refractivity contribution in [2.75, 3.05) is 0 Å².